The molecule has 3 unspecified atom stereocenters. The Morgan fingerprint density at radius 1 is 0.951 bits per heavy atom. The van der Waals surface area contributed by atoms with Gasteiger partial charge in [0.2, 0.25) is 11.8 Å². The summed E-state index contributed by atoms with van der Waals surface area (Å²) in [5, 5.41) is 2.76. The summed E-state index contributed by atoms with van der Waals surface area (Å²) in [5.74, 6) is -1.02. The third kappa shape index (κ3) is 5.02. The van der Waals surface area contributed by atoms with Gasteiger partial charge in [-0.05, 0) is 60.5 Å². The number of ether oxygens (including phenoxy) is 2. The number of thioether (sulfide) groups is 1. The average Bonchev–Trinajstić information content (AvgIpc) is 3.47. The Bertz CT molecular complexity index is 1700. The minimum atomic E-state index is -0.694. The second-order valence-electron chi connectivity index (χ2n) is 9.68. The van der Waals surface area contributed by atoms with Crippen molar-refractivity contribution in [3.8, 4) is 11.5 Å². The Morgan fingerprint density at radius 2 is 1.66 bits per heavy atom. The zero-order valence-corrected chi connectivity index (χ0v) is 23.7. The van der Waals surface area contributed by atoms with Crippen LogP contribution in [0.5, 0.6) is 11.5 Å². The predicted octanol–water partition coefficient (Wildman–Crippen LogP) is 4.57. The standard InChI is InChI=1S/C30H25N3O6S2/c1-16-5-3-4-6-21(16)31-22(34)15-39-20-11-7-17(8-12-20)23-24-26(40-27-25(23)41-30(37)32-27)29(36)33(28(24)35)18-9-13-19(38-2)14-10-18/h3-14,23-24,26H,15H2,1-2H3,(H,31,34)(H,32,37). The average molecular weight is 588 g/mol. The third-order valence-corrected chi connectivity index (χ3v) is 9.58. The van der Waals surface area contributed by atoms with Crippen LogP contribution in [0.3, 0.4) is 0 Å². The number of H-pyrrole nitrogens is 1. The molecule has 1 saturated heterocycles. The number of rotatable bonds is 7. The molecule has 1 aromatic heterocycles. The first-order valence-electron chi connectivity index (χ1n) is 12.8. The molecule has 0 spiro atoms. The van der Waals surface area contributed by atoms with Crippen molar-refractivity contribution in [1.82, 2.24) is 4.98 Å². The number of benzene rings is 3. The van der Waals surface area contributed by atoms with Crippen LogP contribution in [-0.4, -0.2) is 41.7 Å². The molecule has 1 fully saturated rings. The second-order valence-corrected chi connectivity index (χ2v) is 11.8. The van der Waals surface area contributed by atoms with E-state index in [0.29, 0.717) is 22.2 Å². The van der Waals surface area contributed by atoms with Gasteiger partial charge in [0.25, 0.3) is 5.91 Å². The van der Waals surface area contributed by atoms with Gasteiger partial charge in [-0.25, -0.2) is 4.90 Å². The van der Waals surface area contributed by atoms with Crippen LogP contribution in [0.2, 0.25) is 0 Å². The van der Waals surface area contributed by atoms with Crippen LogP contribution in [0, 0.1) is 12.8 Å². The molecule has 3 aromatic carbocycles. The van der Waals surface area contributed by atoms with Crippen LogP contribution >= 0.6 is 23.1 Å². The summed E-state index contributed by atoms with van der Waals surface area (Å²) in [4.78, 5) is 56.7. The van der Waals surface area contributed by atoms with Crippen molar-refractivity contribution in [3.63, 3.8) is 0 Å². The van der Waals surface area contributed by atoms with Crippen LogP contribution in [0.15, 0.2) is 82.6 Å². The van der Waals surface area contributed by atoms with E-state index in [2.05, 4.69) is 10.3 Å². The first-order chi connectivity index (χ1) is 19.8. The first-order valence-corrected chi connectivity index (χ1v) is 14.5. The number of imide groups is 1. The molecule has 3 atom stereocenters. The molecule has 6 rings (SSSR count). The number of nitrogens with one attached hydrogen (secondary N) is 2. The maximum absolute atomic E-state index is 13.8. The van der Waals surface area contributed by atoms with Gasteiger partial charge in [-0.3, -0.25) is 19.2 Å². The van der Waals surface area contributed by atoms with E-state index in [1.165, 1.54) is 16.7 Å². The van der Waals surface area contributed by atoms with Crippen molar-refractivity contribution in [1.29, 1.82) is 0 Å². The van der Waals surface area contributed by atoms with Crippen LogP contribution in [0.25, 0.3) is 0 Å². The Kier molecular flexibility index (Phi) is 7.14. The molecule has 2 N–H and O–H groups in total. The molecule has 2 aliphatic heterocycles. The lowest BCUT2D eigenvalue weighted by Crippen LogP contribution is -2.32. The van der Waals surface area contributed by atoms with Crippen molar-refractivity contribution in [2.24, 2.45) is 5.92 Å². The van der Waals surface area contributed by atoms with E-state index in [1.54, 1.807) is 43.5 Å². The van der Waals surface area contributed by atoms with Crippen molar-refractivity contribution in [2.45, 2.75) is 23.1 Å². The van der Waals surface area contributed by atoms with E-state index in [9.17, 15) is 19.2 Å². The quantitative estimate of drug-likeness (QED) is 0.304. The topological polar surface area (TPSA) is 118 Å². The molecular weight excluding hydrogens is 562 g/mol. The lowest BCUT2D eigenvalue weighted by molar-refractivity contribution is -0.122. The molecule has 4 aromatic rings. The Hall–Kier alpha value is -4.35. The van der Waals surface area contributed by atoms with Crippen molar-refractivity contribution >= 4 is 52.2 Å². The summed E-state index contributed by atoms with van der Waals surface area (Å²) in [6.45, 7) is 1.74. The minimum Gasteiger partial charge on any atom is -0.497 e. The molecule has 0 bridgehead atoms. The SMILES string of the molecule is COc1ccc(N2C(=O)C3Sc4[nH]c(=O)sc4C(c4ccc(OCC(=O)Nc5ccccc5C)cc4)C3C2=O)cc1. The Balaban J connectivity index is 1.24. The number of methoxy groups -OCH3 is 1. The molecule has 0 aliphatic carbocycles. The van der Waals surface area contributed by atoms with Crippen molar-refractivity contribution in [2.75, 3.05) is 23.9 Å². The highest BCUT2D eigenvalue weighted by Crippen LogP contribution is 2.53. The number of thiazole rings is 1. The summed E-state index contributed by atoms with van der Waals surface area (Å²) in [5.41, 5.74) is 2.92. The van der Waals surface area contributed by atoms with Crippen LogP contribution in [-0.2, 0) is 14.4 Å². The highest BCUT2D eigenvalue weighted by atomic mass is 32.2. The maximum Gasteiger partial charge on any atom is 0.305 e. The first kappa shape index (κ1) is 26.9. The van der Waals surface area contributed by atoms with Gasteiger partial charge in [-0.15, -0.1) is 0 Å². The number of carbonyl (C=O) groups excluding carboxylic acids is 3. The van der Waals surface area contributed by atoms with Gasteiger partial charge in [0.1, 0.15) is 16.7 Å². The molecule has 2 aliphatic rings. The summed E-state index contributed by atoms with van der Waals surface area (Å²) in [7, 11) is 1.55. The van der Waals surface area contributed by atoms with E-state index < -0.39 is 17.1 Å². The zero-order chi connectivity index (χ0) is 28.7. The number of hydrogen-bond acceptors (Lipinski definition) is 8. The maximum atomic E-state index is 13.8. The fourth-order valence-corrected chi connectivity index (χ4v) is 7.70. The number of aromatic nitrogens is 1. The molecule has 3 amide bonds. The lowest BCUT2D eigenvalue weighted by atomic mass is 9.83. The Morgan fingerprint density at radius 3 is 2.37 bits per heavy atom. The molecule has 0 radical (unpaired) electrons. The lowest BCUT2D eigenvalue weighted by Gasteiger charge is -2.29. The number of fused-ring (bicyclic) bond motifs is 2. The van der Waals surface area contributed by atoms with Crippen molar-refractivity contribution in [3.05, 3.63) is 98.5 Å². The Labute approximate surface area is 243 Å². The predicted molar refractivity (Wildman–Crippen MR) is 157 cm³/mol. The van der Waals surface area contributed by atoms with E-state index >= 15 is 0 Å². The highest BCUT2D eigenvalue weighted by molar-refractivity contribution is 8.00. The van der Waals surface area contributed by atoms with Crippen LogP contribution < -0.4 is 24.6 Å². The smallest absolute Gasteiger partial charge is 0.305 e. The van der Waals surface area contributed by atoms with E-state index in [0.717, 1.165) is 33.0 Å². The second kappa shape index (κ2) is 10.9. The van der Waals surface area contributed by atoms with Crippen LogP contribution in [0.1, 0.15) is 21.9 Å². The normalized spacial score (nSPS) is 19.5. The third-order valence-electron chi connectivity index (χ3n) is 7.18. The van der Waals surface area contributed by atoms with Gasteiger partial charge < -0.3 is 19.8 Å². The summed E-state index contributed by atoms with van der Waals surface area (Å²) in [6.07, 6.45) is 0. The van der Waals surface area contributed by atoms with Gasteiger partial charge in [0, 0.05) is 16.5 Å². The number of amides is 3. The fourth-order valence-electron chi connectivity index (χ4n) is 5.18. The molecule has 41 heavy (non-hydrogen) atoms. The van der Waals surface area contributed by atoms with E-state index in [-0.39, 0.29) is 29.2 Å². The molecule has 9 nitrogen and oxygen atoms in total. The largest absolute Gasteiger partial charge is 0.497 e. The van der Waals surface area contributed by atoms with Crippen molar-refractivity contribution < 1.29 is 23.9 Å². The zero-order valence-electron chi connectivity index (χ0n) is 22.1. The molecular formula is C30H25N3O6S2. The van der Waals surface area contributed by atoms with E-state index in [4.69, 9.17) is 9.47 Å². The number of hydrogen-bond donors (Lipinski definition) is 2. The van der Waals surface area contributed by atoms with Crippen LogP contribution in [0.4, 0.5) is 11.4 Å². The van der Waals surface area contributed by atoms with E-state index in [1.807, 2.05) is 43.3 Å². The monoisotopic (exact) mass is 587 g/mol. The molecule has 208 valence electrons. The fraction of sp³-hybridized carbons (Fsp3) is 0.200. The number of aryl methyl sites for hydroxylation is 1. The molecule has 3 heterocycles. The summed E-state index contributed by atoms with van der Waals surface area (Å²) < 4.78 is 10.9. The van der Waals surface area contributed by atoms with Gasteiger partial charge in [0.05, 0.1) is 23.7 Å². The minimum absolute atomic E-state index is 0.175. The van der Waals surface area contributed by atoms with Gasteiger partial charge in [0.15, 0.2) is 6.61 Å². The number of nitrogens with zero attached hydrogens (tertiary/aromatic N) is 1. The van der Waals surface area contributed by atoms with Gasteiger partial charge in [-0.1, -0.05) is 53.4 Å². The summed E-state index contributed by atoms with van der Waals surface area (Å²) in [6, 6.07) is 21.3. The van der Waals surface area contributed by atoms with Gasteiger partial charge >= 0.3 is 4.87 Å². The molecule has 11 heteroatoms. The highest BCUT2D eigenvalue weighted by Gasteiger charge is 2.56. The van der Waals surface area contributed by atoms with Gasteiger partial charge in [-0.2, -0.15) is 0 Å². The summed E-state index contributed by atoms with van der Waals surface area (Å²) >= 11 is 2.28. The number of carbonyl (C=O) groups is 3. The number of para-hydroxylation sites is 1. The molecule has 0 saturated carbocycles. The number of anilines is 2. The number of aromatic amines is 1.